The van der Waals surface area contributed by atoms with Gasteiger partial charge in [0.05, 0.1) is 0 Å². The molecule has 0 fully saturated rings. The van der Waals surface area contributed by atoms with Gasteiger partial charge in [0.15, 0.2) is 0 Å². The smallest absolute Gasteiger partial charge is 0.134 e. The highest BCUT2D eigenvalue weighted by atomic mass is 32.1. The third-order valence-electron chi connectivity index (χ3n) is 2.84. The summed E-state index contributed by atoms with van der Waals surface area (Å²) in [5.74, 6) is 1.42. The summed E-state index contributed by atoms with van der Waals surface area (Å²) in [6.07, 6.45) is 3.32. The minimum atomic E-state index is 0.319. The summed E-state index contributed by atoms with van der Waals surface area (Å²) < 4.78 is 0. The van der Waals surface area contributed by atoms with Gasteiger partial charge in [-0.2, -0.15) is 11.3 Å². The molecule has 0 spiro atoms. The van der Waals surface area contributed by atoms with Crippen LogP contribution in [0.3, 0.4) is 0 Å². The molecule has 4 nitrogen and oxygen atoms in total. The topological polar surface area (TPSA) is 63.8 Å². The molecule has 0 saturated heterocycles. The summed E-state index contributed by atoms with van der Waals surface area (Å²) in [5.41, 5.74) is 8.20. The summed E-state index contributed by atoms with van der Waals surface area (Å²) in [4.78, 5) is 8.30. The van der Waals surface area contributed by atoms with Crippen molar-refractivity contribution in [1.82, 2.24) is 9.97 Å². The number of nitrogens with one attached hydrogen (secondary N) is 1. The first kappa shape index (κ1) is 12.8. The van der Waals surface area contributed by atoms with Crippen molar-refractivity contribution in [2.24, 2.45) is 0 Å². The van der Waals surface area contributed by atoms with Gasteiger partial charge in [-0.15, -0.1) is 0 Å². The lowest BCUT2D eigenvalue weighted by Gasteiger charge is -2.16. The van der Waals surface area contributed by atoms with Gasteiger partial charge in [0, 0.05) is 11.6 Å². The molecule has 0 aliphatic carbocycles. The second-order valence-corrected chi connectivity index (χ2v) is 5.10. The Labute approximate surface area is 111 Å². The molecule has 2 aromatic rings. The number of nitrogens with two attached hydrogens (primary N) is 1. The van der Waals surface area contributed by atoms with Gasteiger partial charge in [-0.25, -0.2) is 9.97 Å². The molecule has 0 aliphatic rings. The number of nitrogen functional groups attached to an aromatic ring is 1. The van der Waals surface area contributed by atoms with Crippen molar-refractivity contribution in [3.8, 4) is 0 Å². The third-order valence-corrected chi connectivity index (χ3v) is 3.57. The van der Waals surface area contributed by atoms with Crippen LogP contribution in [0.15, 0.2) is 23.2 Å². The second-order valence-electron chi connectivity index (χ2n) is 4.32. The summed E-state index contributed by atoms with van der Waals surface area (Å²) in [7, 11) is 0. The quantitative estimate of drug-likeness (QED) is 0.869. The van der Waals surface area contributed by atoms with Crippen molar-refractivity contribution in [3.05, 3.63) is 34.3 Å². The van der Waals surface area contributed by atoms with Crippen LogP contribution in [0.2, 0.25) is 0 Å². The molecule has 0 bridgehead atoms. The third kappa shape index (κ3) is 2.98. The Morgan fingerprint density at radius 3 is 2.94 bits per heavy atom. The number of hydrogen-bond acceptors (Lipinski definition) is 5. The lowest BCUT2D eigenvalue weighted by atomic mass is 10.1. The van der Waals surface area contributed by atoms with Gasteiger partial charge < -0.3 is 11.1 Å². The van der Waals surface area contributed by atoms with Gasteiger partial charge in [0.2, 0.25) is 0 Å². The Kier molecular flexibility index (Phi) is 4.15. The van der Waals surface area contributed by atoms with Crippen LogP contribution in [0.4, 0.5) is 11.6 Å². The van der Waals surface area contributed by atoms with Crippen molar-refractivity contribution in [1.29, 1.82) is 0 Å². The molecule has 3 N–H and O–H groups in total. The highest BCUT2D eigenvalue weighted by Gasteiger charge is 2.10. The number of aromatic nitrogens is 2. The number of nitrogens with zero attached hydrogens (tertiary/aromatic N) is 2. The van der Waals surface area contributed by atoms with Gasteiger partial charge in [-0.3, -0.25) is 0 Å². The van der Waals surface area contributed by atoms with E-state index < -0.39 is 0 Å². The van der Waals surface area contributed by atoms with Crippen LogP contribution in [0.1, 0.15) is 25.0 Å². The Morgan fingerprint density at radius 1 is 1.44 bits per heavy atom. The van der Waals surface area contributed by atoms with Crippen LogP contribution in [0.25, 0.3) is 0 Å². The Morgan fingerprint density at radius 2 is 2.28 bits per heavy atom. The minimum Gasteiger partial charge on any atom is -0.383 e. The predicted molar refractivity (Wildman–Crippen MR) is 76.9 cm³/mol. The predicted octanol–water partition coefficient (Wildman–Crippen LogP) is 2.73. The molecular weight excluding hydrogens is 244 g/mol. The zero-order valence-electron chi connectivity index (χ0n) is 10.7. The number of rotatable bonds is 5. The maximum atomic E-state index is 5.85. The van der Waals surface area contributed by atoms with E-state index in [1.807, 2.05) is 0 Å². The average Bonchev–Trinajstić information content (AvgIpc) is 2.82. The van der Waals surface area contributed by atoms with E-state index in [0.717, 1.165) is 24.2 Å². The minimum absolute atomic E-state index is 0.319. The van der Waals surface area contributed by atoms with Crippen LogP contribution >= 0.6 is 11.3 Å². The zero-order chi connectivity index (χ0) is 13.0. The average molecular weight is 262 g/mol. The van der Waals surface area contributed by atoms with E-state index in [9.17, 15) is 0 Å². The summed E-state index contributed by atoms with van der Waals surface area (Å²) in [5, 5.41) is 7.69. The molecule has 96 valence electrons. The lowest BCUT2D eigenvalue weighted by molar-refractivity contribution is 0.782. The van der Waals surface area contributed by atoms with Crippen LogP contribution in [0, 0.1) is 0 Å². The SMILES string of the molecule is CCc1c(N)ncnc1NC(C)Cc1ccsc1. The van der Waals surface area contributed by atoms with Crippen molar-refractivity contribution in [3.63, 3.8) is 0 Å². The molecule has 1 atom stereocenters. The van der Waals surface area contributed by atoms with Crippen molar-refractivity contribution in [2.45, 2.75) is 32.7 Å². The largest absolute Gasteiger partial charge is 0.383 e. The normalized spacial score (nSPS) is 12.3. The van der Waals surface area contributed by atoms with Crippen molar-refractivity contribution >= 4 is 23.0 Å². The van der Waals surface area contributed by atoms with E-state index in [1.54, 1.807) is 11.3 Å². The molecule has 1 unspecified atom stereocenters. The van der Waals surface area contributed by atoms with E-state index in [4.69, 9.17) is 5.73 Å². The van der Waals surface area contributed by atoms with E-state index >= 15 is 0 Å². The van der Waals surface area contributed by atoms with Crippen molar-refractivity contribution in [2.75, 3.05) is 11.1 Å². The fourth-order valence-corrected chi connectivity index (χ4v) is 2.63. The van der Waals surface area contributed by atoms with Gasteiger partial charge >= 0.3 is 0 Å². The lowest BCUT2D eigenvalue weighted by Crippen LogP contribution is -2.20. The Hall–Kier alpha value is -1.62. The number of anilines is 2. The standard InChI is InChI=1S/C13H18N4S/c1-3-11-12(14)15-8-16-13(11)17-9(2)6-10-4-5-18-7-10/h4-5,7-9H,3,6H2,1-2H3,(H3,14,15,16,17). The Bertz CT molecular complexity index is 496. The summed E-state index contributed by atoms with van der Waals surface area (Å²) in [6.45, 7) is 4.21. The molecule has 2 rings (SSSR count). The summed E-state index contributed by atoms with van der Waals surface area (Å²) in [6, 6.07) is 2.47. The van der Waals surface area contributed by atoms with Crippen LogP contribution in [-0.2, 0) is 12.8 Å². The first-order valence-corrected chi connectivity index (χ1v) is 7.02. The maximum absolute atomic E-state index is 5.85. The van der Waals surface area contributed by atoms with Crippen LogP contribution < -0.4 is 11.1 Å². The van der Waals surface area contributed by atoms with Gasteiger partial charge in [0.1, 0.15) is 18.0 Å². The fourth-order valence-electron chi connectivity index (χ4n) is 1.95. The number of hydrogen-bond donors (Lipinski definition) is 2. The molecule has 5 heteroatoms. The van der Waals surface area contributed by atoms with E-state index in [1.165, 1.54) is 11.9 Å². The molecule has 0 aromatic carbocycles. The first-order valence-electron chi connectivity index (χ1n) is 6.07. The van der Waals surface area contributed by atoms with Crippen molar-refractivity contribution < 1.29 is 0 Å². The first-order chi connectivity index (χ1) is 8.70. The molecule has 0 radical (unpaired) electrons. The van der Waals surface area contributed by atoms with Crippen LogP contribution in [-0.4, -0.2) is 16.0 Å². The van der Waals surface area contributed by atoms with E-state index in [0.29, 0.717) is 11.9 Å². The van der Waals surface area contributed by atoms with Gasteiger partial charge in [-0.05, 0) is 42.2 Å². The maximum Gasteiger partial charge on any atom is 0.134 e. The van der Waals surface area contributed by atoms with E-state index in [-0.39, 0.29) is 0 Å². The summed E-state index contributed by atoms with van der Waals surface area (Å²) >= 11 is 1.72. The molecule has 2 aromatic heterocycles. The highest BCUT2D eigenvalue weighted by molar-refractivity contribution is 7.07. The van der Waals surface area contributed by atoms with Gasteiger partial charge in [-0.1, -0.05) is 6.92 Å². The molecule has 0 amide bonds. The fraction of sp³-hybridized carbons (Fsp3) is 0.385. The molecular formula is C13H18N4S. The zero-order valence-corrected chi connectivity index (χ0v) is 11.5. The molecule has 0 aliphatic heterocycles. The highest BCUT2D eigenvalue weighted by Crippen LogP contribution is 2.19. The monoisotopic (exact) mass is 262 g/mol. The molecule has 0 saturated carbocycles. The second kappa shape index (κ2) is 5.82. The van der Waals surface area contributed by atoms with E-state index in [2.05, 4.69) is 46.0 Å². The van der Waals surface area contributed by atoms with Crippen LogP contribution in [0.5, 0.6) is 0 Å². The Balaban J connectivity index is 2.07. The molecule has 18 heavy (non-hydrogen) atoms. The number of thiophene rings is 1. The molecule has 2 heterocycles. The van der Waals surface area contributed by atoms with Gasteiger partial charge in [0.25, 0.3) is 0 Å².